The summed E-state index contributed by atoms with van der Waals surface area (Å²) in [6.07, 6.45) is 5.29. The monoisotopic (exact) mass is 433 g/mol. The van der Waals surface area contributed by atoms with Crippen molar-refractivity contribution < 1.29 is 4.74 Å². The number of aromatic amines is 2. The smallest absolute Gasteiger partial charge is 0.161 e. The van der Waals surface area contributed by atoms with Crippen molar-refractivity contribution in [3.8, 4) is 39.8 Å². The molecule has 0 spiro atoms. The number of nitrogens with zero attached hydrogens (tertiary/aromatic N) is 5. The van der Waals surface area contributed by atoms with Crippen LogP contribution in [0.2, 0.25) is 0 Å². The number of methoxy groups -OCH3 is 1. The van der Waals surface area contributed by atoms with E-state index in [0.29, 0.717) is 11.5 Å². The standard InChI is InChI=1S/C25H19N7O/c1-14-9-15(11-16(10-14)33-2)18-6-7-20-23(28-18)24(32-31-20)25-29-21-13-26-12-17(22(21)30-25)19-5-3-4-8-27-19/h3-13H,1-2H3,(H,29,30)(H,31,32). The zero-order valence-corrected chi connectivity index (χ0v) is 18.0. The lowest BCUT2D eigenvalue weighted by atomic mass is 10.1. The molecular weight excluding hydrogens is 414 g/mol. The Bertz CT molecular complexity index is 1620. The Morgan fingerprint density at radius 1 is 0.879 bits per heavy atom. The number of ether oxygens (including phenoxy) is 1. The number of imidazole rings is 1. The fourth-order valence-electron chi connectivity index (χ4n) is 3.99. The van der Waals surface area contributed by atoms with Gasteiger partial charge in [-0.2, -0.15) is 5.10 Å². The van der Waals surface area contributed by atoms with E-state index in [1.807, 2.05) is 49.4 Å². The molecule has 0 amide bonds. The molecule has 1 aromatic carbocycles. The Morgan fingerprint density at radius 2 is 1.82 bits per heavy atom. The van der Waals surface area contributed by atoms with Crippen LogP contribution in [0.1, 0.15) is 5.56 Å². The van der Waals surface area contributed by atoms with Crippen LogP contribution in [0, 0.1) is 6.92 Å². The summed E-state index contributed by atoms with van der Waals surface area (Å²) in [5, 5.41) is 7.57. The van der Waals surface area contributed by atoms with Crippen LogP contribution in [-0.2, 0) is 0 Å². The van der Waals surface area contributed by atoms with E-state index in [9.17, 15) is 0 Å². The van der Waals surface area contributed by atoms with E-state index in [0.717, 1.165) is 55.9 Å². The molecule has 0 aliphatic carbocycles. The number of hydrogen-bond acceptors (Lipinski definition) is 6. The molecule has 0 fully saturated rings. The minimum Gasteiger partial charge on any atom is -0.497 e. The van der Waals surface area contributed by atoms with Crippen LogP contribution in [0.5, 0.6) is 5.75 Å². The molecule has 6 aromatic rings. The Hall–Kier alpha value is -4.59. The molecular formula is C25H19N7O. The Kier molecular flexibility index (Phi) is 4.36. The normalized spacial score (nSPS) is 11.3. The lowest BCUT2D eigenvalue weighted by Crippen LogP contribution is -1.90. The minimum atomic E-state index is 0.618. The molecule has 0 saturated heterocycles. The van der Waals surface area contributed by atoms with Crippen LogP contribution in [-0.4, -0.2) is 42.2 Å². The fourth-order valence-corrected chi connectivity index (χ4v) is 3.99. The van der Waals surface area contributed by atoms with Crippen molar-refractivity contribution in [3.63, 3.8) is 0 Å². The van der Waals surface area contributed by atoms with Crippen molar-refractivity contribution in [1.29, 1.82) is 0 Å². The molecule has 0 bridgehead atoms. The highest BCUT2D eigenvalue weighted by atomic mass is 16.5. The zero-order valence-electron chi connectivity index (χ0n) is 18.0. The van der Waals surface area contributed by atoms with Crippen LogP contribution >= 0.6 is 0 Å². The van der Waals surface area contributed by atoms with Crippen molar-refractivity contribution in [2.45, 2.75) is 6.92 Å². The van der Waals surface area contributed by atoms with E-state index in [2.05, 4.69) is 31.2 Å². The summed E-state index contributed by atoms with van der Waals surface area (Å²) >= 11 is 0. The Balaban J connectivity index is 1.50. The van der Waals surface area contributed by atoms with Gasteiger partial charge in [0.25, 0.3) is 0 Å². The predicted octanol–water partition coefficient (Wildman–Crippen LogP) is 4.94. The van der Waals surface area contributed by atoms with Crippen molar-refractivity contribution in [1.82, 2.24) is 35.1 Å². The molecule has 0 aliphatic heterocycles. The first kappa shape index (κ1) is 19.1. The van der Waals surface area contributed by atoms with Crippen molar-refractivity contribution >= 4 is 22.1 Å². The van der Waals surface area contributed by atoms with Gasteiger partial charge in [0.2, 0.25) is 0 Å². The lowest BCUT2D eigenvalue weighted by Gasteiger charge is -2.06. The zero-order chi connectivity index (χ0) is 22.4. The van der Waals surface area contributed by atoms with Gasteiger partial charge >= 0.3 is 0 Å². The second kappa shape index (κ2) is 7.52. The second-order valence-electron chi connectivity index (χ2n) is 7.79. The highest BCUT2D eigenvalue weighted by molar-refractivity contribution is 5.95. The summed E-state index contributed by atoms with van der Waals surface area (Å²) in [7, 11) is 1.67. The van der Waals surface area contributed by atoms with Crippen LogP contribution in [0.25, 0.3) is 56.1 Å². The Labute approximate surface area is 188 Å². The number of aromatic nitrogens is 7. The first-order valence-corrected chi connectivity index (χ1v) is 10.5. The first-order valence-electron chi connectivity index (χ1n) is 10.5. The molecule has 5 heterocycles. The van der Waals surface area contributed by atoms with Gasteiger partial charge in [-0.15, -0.1) is 0 Å². The van der Waals surface area contributed by atoms with E-state index in [4.69, 9.17) is 14.7 Å². The van der Waals surface area contributed by atoms with Gasteiger partial charge in [0.15, 0.2) is 11.5 Å². The topological polar surface area (TPSA) is 105 Å². The molecule has 0 saturated carbocycles. The van der Waals surface area contributed by atoms with Gasteiger partial charge in [0.05, 0.1) is 35.7 Å². The number of rotatable bonds is 4. The van der Waals surface area contributed by atoms with Crippen LogP contribution < -0.4 is 4.74 Å². The summed E-state index contributed by atoms with van der Waals surface area (Å²) in [4.78, 5) is 21.9. The molecule has 0 aliphatic rings. The van der Waals surface area contributed by atoms with Gasteiger partial charge in [-0.1, -0.05) is 6.07 Å². The third-order valence-electron chi connectivity index (χ3n) is 5.55. The third-order valence-corrected chi connectivity index (χ3v) is 5.55. The number of fused-ring (bicyclic) bond motifs is 2. The molecule has 8 heteroatoms. The minimum absolute atomic E-state index is 0.618. The van der Waals surface area contributed by atoms with Crippen molar-refractivity contribution in [2.24, 2.45) is 0 Å². The van der Waals surface area contributed by atoms with E-state index in [-0.39, 0.29) is 0 Å². The van der Waals surface area contributed by atoms with Crippen LogP contribution in [0.4, 0.5) is 0 Å². The summed E-state index contributed by atoms with van der Waals surface area (Å²) in [5.41, 5.74) is 8.39. The quantitative estimate of drug-likeness (QED) is 0.408. The molecule has 33 heavy (non-hydrogen) atoms. The molecule has 0 unspecified atom stereocenters. The van der Waals surface area contributed by atoms with Gasteiger partial charge in [-0.25, -0.2) is 9.97 Å². The van der Waals surface area contributed by atoms with E-state index in [1.54, 1.807) is 25.7 Å². The SMILES string of the molecule is COc1cc(C)cc(-c2ccc3[nH]nc(-c4nc5c(-c6ccccn6)cncc5[nH]4)c3n2)c1. The van der Waals surface area contributed by atoms with Gasteiger partial charge in [-0.3, -0.25) is 15.1 Å². The maximum atomic E-state index is 5.43. The number of pyridine rings is 3. The number of aryl methyl sites for hydroxylation is 1. The molecule has 0 atom stereocenters. The van der Waals surface area contributed by atoms with E-state index >= 15 is 0 Å². The number of nitrogens with one attached hydrogen (secondary N) is 2. The van der Waals surface area contributed by atoms with E-state index in [1.165, 1.54) is 0 Å². The van der Waals surface area contributed by atoms with Crippen LogP contribution in [0.3, 0.4) is 0 Å². The molecule has 5 aromatic heterocycles. The van der Waals surface area contributed by atoms with Gasteiger partial charge in [0.1, 0.15) is 16.8 Å². The lowest BCUT2D eigenvalue weighted by molar-refractivity contribution is 0.414. The largest absolute Gasteiger partial charge is 0.497 e. The van der Waals surface area contributed by atoms with Gasteiger partial charge < -0.3 is 9.72 Å². The summed E-state index contributed by atoms with van der Waals surface area (Å²) in [5.74, 6) is 1.42. The molecule has 160 valence electrons. The summed E-state index contributed by atoms with van der Waals surface area (Å²) in [6.45, 7) is 2.04. The second-order valence-corrected chi connectivity index (χ2v) is 7.79. The number of H-pyrrole nitrogens is 2. The summed E-state index contributed by atoms with van der Waals surface area (Å²) in [6, 6.07) is 15.8. The maximum Gasteiger partial charge on any atom is 0.161 e. The van der Waals surface area contributed by atoms with Crippen LogP contribution in [0.15, 0.2) is 67.1 Å². The molecule has 6 rings (SSSR count). The predicted molar refractivity (Wildman–Crippen MR) is 127 cm³/mol. The molecule has 0 radical (unpaired) electrons. The average molecular weight is 433 g/mol. The fraction of sp³-hybridized carbons (Fsp3) is 0.0800. The third kappa shape index (κ3) is 3.28. The van der Waals surface area contributed by atoms with Crippen molar-refractivity contribution in [2.75, 3.05) is 7.11 Å². The highest BCUT2D eigenvalue weighted by Gasteiger charge is 2.17. The average Bonchev–Trinajstić information content (AvgIpc) is 3.47. The molecule has 2 N–H and O–H groups in total. The highest BCUT2D eigenvalue weighted by Crippen LogP contribution is 2.31. The Morgan fingerprint density at radius 3 is 2.67 bits per heavy atom. The summed E-state index contributed by atoms with van der Waals surface area (Å²) < 4.78 is 5.43. The maximum absolute atomic E-state index is 5.43. The molecule has 8 nitrogen and oxygen atoms in total. The van der Waals surface area contributed by atoms with Crippen molar-refractivity contribution in [3.05, 3.63) is 72.7 Å². The van der Waals surface area contributed by atoms with Gasteiger partial charge in [-0.05, 0) is 55.0 Å². The number of benzene rings is 1. The number of hydrogen-bond donors (Lipinski definition) is 2. The van der Waals surface area contributed by atoms with Gasteiger partial charge in [0, 0.05) is 23.5 Å². The first-order chi connectivity index (χ1) is 16.2. The van der Waals surface area contributed by atoms with E-state index < -0.39 is 0 Å².